The van der Waals surface area contributed by atoms with Gasteiger partial charge in [-0.15, -0.1) is 0 Å². The second kappa shape index (κ2) is 15.3. The van der Waals surface area contributed by atoms with Gasteiger partial charge in [0.05, 0.1) is 42.3 Å². The van der Waals surface area contributed by atoms with Crippen molar-refractivity contribution in [2.75, 3.05) is 59.4 Å². The Labute approximate surface area is 264 Å². The maximum Gasteiger partial charge on any atom is 0.406 e. The number of rotatable bonds is 11. The second-order valence-electron chi connectivity index (χ2n) is 11.1. The number of carbonyl (C=O) groups excluding carboxylic acids is 2. The number of benzene rings is 2. The molecule has 0 bridgehead atoms. The van der Waals surface area contributed by atoms with Crippen molar-refractivity contribution >= 4 is 28.5 Å². The van der Waals surface area contributed by atoms with Crippen LogP contribution in [0.3, 0.4) is 0 Å². The Balaban J connectivity index is 1.57. The summed E-state index contributed by atoms with van der Waals surface area (Å²) in [6, 6.07) is 5.23. The van der Waals surface area contributed by atoms with Gasteiger partial charge in [-0.25, -0.2) is 9.37 Å². The van der Waals surface area contributed by atoms with E-state index in [2.05, 4.69) is 44.6 Å². The van der Waals surface area contributed by atoms with E-state index in [0.717, 1.165) is 49.4 Å². The second-order valence-corrected chi connectivity index (χ2v) is 11.1. The summed E-state index contributed by atoms with van der Waals surface area (Å²) in [5.41, 5.74) is 0.826. The molecule has 0 spiro atoms. The molecule has 4 rings (SSSR count). The first-order chi connectivity index (χ1) is 21.9. The third-order valence-electron chi connectivity index (χ3n) is 7.81. The van der Waals surface area contributed by atoms with Crippen molar-refractivity contribution < 1.29 is 36.6 Å². The fraction of sp³-hybridized carbons (Fsp3) is 0.469. The number of likely N-dealkylation sites (tertiary alicyclic amines) is 1. The maximum atomic E-state index is 14.3. The molecule has 3 aromatic rings. The van der Waals surface area contributed by atoms with Crippen molar-refractivity contribution in [2.45, 2.75) is 38.5 Å². The van der Waals surface area contributed by atoms with Crippen molar-refractivity contribution in [1.82, 2.24) is 25.1 Å². The summed E-state index contributed by atoms with van der Waals surface area (Å²) < 4.78 is 65.7. The molecule has 46 heavy (non-hydrogen) atoms. The first-order valence-electron chi connectivity index (χ1n) is 14.8. The molecule has 2 amide bonds. The van der Waals surface area contributed by atoms with Crippen LogP contribution >= 0.6 is 0 Å². The van der Waals surface area contributed by atoms with Crippen molar-refractivity contribution in [1.29, 1.82) is 0 Å². The number of nitrogens with one attached hydrogen (secondary N) is 3. The van der Waals surface area contributed by atoms with Gasteiger partial charge >= 0.3 is 6.18 Å². The Morgan fingerprint density at radius 2 is 1.91 bits per heavy atom. The van der Waals surface area contributed by atoms with Crippen LogP contribution in [-0.2, 0) is 11.3 Å². The minimum absolute atomic E-state index is 0.0109. The normalized spacial score (nSPS) is 16.9. The molecule has 0 unspecified atom stereocenters. The number of anilines is 1. The summed E-state index contributed by atoms with van der Waals surface area (Å²) in [7, 11) is 4.40. The number of alkyl halides is 3. The topological polar surface area (TPSA) is 110 Å². The third-order valence-corrected chi connectivity index (χ3v) is 7.81. The fourth-order valence-corrected chi connectivity index (χ4v) is 5.51. The minimum atomic E-state index is -4.50. The summed E-state index contributed by atoms with van der Waals surface area (Å²) in [4.78, 5) is 32.1. The number of carbonyl (C=O) groups is 2. The molecule has 248 valence electrons. The van der Waals surface area contributed by atoms with Gasteiger partial charge < -0.3 is 34.9 Å². The SMILES string of the molecule is CNC(=O)c1cc(NCC#Cc2cc(C(=O)N[C@H]3CCN(CCCOC)C[C@@H]3C)c3ncn(CC(F)(F)F)c3c2)c(OC)cc1F. The monoisotopic (exact) mass is 646 g/mol. The zero-order valence-corrected chi connectivity index (χ0v) is 26.2. The van der Waals surface area contributed by atoms with E-state index in [9.17, 15) is 27.2 Å². The van der Waals surface area contributed by atoms with Gasteiger partial charge in [-0.1, -0.05) is 18.8 Å². The van der Waals surface area contributed by atoms with Crippen LogP contribution in [-0.4, -0.2) is 92.5 Å². The predicted octanol–water partition coefficient (Wildman–Crippen LogP) is 4.05. The van der Waals surface area contributed by atoms with Gasteiger partial charge in [0.25, 0.3) is 11.8 Å². The highest BCUT2D eigenvalue weighted by Gasteiger charge is 2.31. The van der Waals surface area contributed by atoms with E-state index in [1.54, 1.807) is 7.11 Å². The number of aromatic nitrogens is 2. The number of hydrogen-bond donors (Lipinski definition) is 3. The van der Waals surface area contributed by atoms with Crippen LogP contribution < -0.4 is 20.7 Å². The molecule has 1 saturated heterocycles. The van der Waals surface area contributed by atoms with E-state index < -0.39 is 30.4 Å². The van der Waals surface area contributed by atoms with Crippen LogP contribution in [0.1, 0.15) is 46.0 Å². The van der Waals surface area contributed by atoms with E-state index in [1.165, 1.54) is 32.4 Å². The van der Waals surface area contributed by atoms with Gasteiger partial charge in [-0.3, -0.25) is 9.59 Å². The van der Waals surface area contributed by atoms with Crippen LogP contribution in [0.2, 0.25) is 0 Å². The zero-order valence-electron chi connectivity index (χ0n) is 26.2. The lowest BCUT2D eigenvalue weighted by atomic mass is 9.93. The van der Waals surface area contributed by atoms with E-state index in [4.69, 9.17) is 9.47 Å². The highest BCUT2D eigenvalue weighted by molar-refractivity contribution is 6.05. The minimum Gasteiger partial charge on any atom is -0.494 e. The molecule has 1 aliphatic heterocycles. The maximum absolute atomic E-state index is 14.3. The van der Waals surface area contributed by atoms with Crippen molar-refractivity contribution in [3.05, 3.63) is 53.1 Å². The summed E-state index contributed by atoms with van der Waals surface area (Å²) in [6.45, 7) is 3.97. The summed E-state index contributed by atoms with van der Waals surface area (Å²) in [6.07, 6.45) is -1.79. The van der Waals surface area contributed by atoms with Gasteiger partial charge in [-0.2, -0.15) is 13.2 Å². The summed E-state index contributed by atoms with van der Waals surface area (Å²) in [5, 5.41) is 8.41. The number of hydrogen-bond acceptors (Lipinski definition) is 7. The lowest BCUT2D eigenvalue weighted by Gasteiger charge is -2.37. The lowest BCUT2D eigenvalue weighted by molar-refractivity contribution is -0.140. The Morgan fingerprint density at radius 3 is 2.59 bits per heavy atom. The number of halogens is 4. The van der Waals surface area contributed by atoms with E-state index >= 15 is 0 Å². The average Bonchev–Trinajstić information content (AvgIpc) is 3.41. The smallest absolute Gasteiger partial charge is 0.406 e. The van der Waals surface area contributed by atoms with Crippen molar-refractivity contribution in [2.24, 2.45) is 5.92 Å². The Morgan fingerprint density at radius 1 is 1.13 bits per heavy atom. The third kappa shape index (κ3) is 8.67. The molecule has 0 radical (unpaired) electrons. The molecule has 1 fully saturated rings. The Hall–Kier alpha value is -4.35. The molecule has 2 aromatic carbocycles. The van der Waals surface area contributed by atoms with Gasteiger partial charge in [0.2, 0.25) is 0 Å². The van der Waals surface area contributed by atoms with Crippen LogP contribution in [0, 0.1) is 23.6 Å². The number of imidazole rings is 1. The molecule has 1 aromatic heterocycles. The number of methoxy groups -OCH3 is 2. The average molecular weight is 647 g/mol. The lowest BCUT2D eigenvalue weighted by Crippen LogP contribution is -2.50. The quantitative estimate of drug-likeness (QED) is 0.164. The van der Waals surface area contributed by atoms with Crippen LogP contribution in [0.15, 0.2) is 30.6 Å². The van der Waals surface area contributed by atoms with Gasteiger partial charge in [0, 0.05) is 58.1 Å². The number of piperidine rings is 1. The molecular formula is C32H38F4N6O4. The van der Waals surface area contributed by atoms with E-state index in [-0.39, 0.29) is 46.4 Å². The summed E-state index contributed by atoms with van der Waals surface area (Å²) >= 11 is 0. The molecule has 14 heteroatoms. The first kappa shape index (κ1) is 34.5. The van der Waals surface area contributed by atoms with Crippen LogP contribution in [0.5, 0.6) is 5.75 Å². The largest absolute Gasteiger partial charge is 0.494 e. The van der Waals surface area contributed by atoms with E-state index in [1.807, 2.05) is 0 Å². The first-order valence-corrected chi connectivity index (χ1v) is 14.8. The number of ether oxygens (including phenoxy) is 2. The molecule has 10 nitrogen and oxygen atoms in total. The molecule has 0 saturated carbocycles. The summed E-state index contributed by atoms with van der Waals surface area (Å²) in [5.74, 6) is 4.26. The van der Waals surface area contributed by atoms with Crippen molar-refractivity contribution in [3.8, 4) is 17.6 Å². The standard InChI is InChI=1S/C32H38F4N6O4/c1-20-17-41(10-6-12-45-3)11-8-25(20)40-31(44)23-13-21(14-27-29(23)39-19-42(27)18-32(34,35)36)7-5-9-38-26-15-22(30(43)37-2)24(33)16-28(26)46-4/h13-16,19-20,25,38H,6,8-12,17-18H2,1-4H3,(H,37,43)(H,40,44)/t20-,25-/m0/s1. The molecular weight excluding hydrogens is 608 g/mol. The van der Waals surface area contributed by atoms with Gasteiger partial charge in [0.15, 0.2) is 0 Å². The van der Waals surface area contributed by atoms with Crippen LogP contribution in [0.4, 0.5) is 23.2 Å². The highest BCUT2D eigenvalue weighted by Crippen LogP contribution is 2.28. The Bertz CT molecular complexity index is 1610. The molecule has 2 atom stereocenters. The zero-order chi connectivity index (χ0) is 33.4. The molecule has 1 aliphatic rings. The van der Waals surface area contributed by atoms with Crippen LogP contribution in [0.25, 0.3) is 11.0 Å². The number of fused-ring (bicyclic) bond motifs is 1. The highest BCUT2D eigenvalue weighted by atomic mass is 19.4. The predicted molar refractivity (Wildman–Crippen MR) is 165 cm³/mol. The number of nitrogens with zero attached hydrogens (tertiary/aromatic N) is 3. The Kier molecular flexibility index (Phi) is 11.5. The number of amides is 2. The fourth-order valence-electron chi connectivity index (χ4n) is 5.51. The van der Waals surface area contributed by atoms with E-state index in [0.29, 0.717) is 17.9 Å². The molecule has 2 heterocycles. The molecule has 0 aliphatic carbocycles. The molecule has 3 N–H and O–H groups in total. The van der Waals surface area contributed by atoms with Crippen molar-refractivity contribution in [3.63, 3.8) is 0 Å². The van der Waals surface area contributed by atoms with Gasteiger partial charge in [-0.05, 0) is 37.0 Å². The van der Waals surface area contributed by atoms with Gasteiger partial charge in [0.1, 0.15) is 23.6 Å².